The van der Waals surface area contributed by atoms with Gasteiger partial charge in [-0.3, -0.25) is 15.5 Å². The molecule has 0 unspecified atom stereocenters. The van der Waals surface area contributed by atoms with Gasteiger partial charge in [-0.1, -0.05) is 12.1 Å². The van der Waals surface area contributed by atoms with Gasteiger partial charge in [-0.25, -0.2) is 4.98 Å². The Bertz CT molecular complexity index is 852. The van der Waals surface area contributed by atoms with Gasteiger partial charge < -0.3 is 4.57 Å². The van der Waals surface area contributed by atoms with E-state index < -0.39 is 4.92 Å². The summed E-state index contributed by atoms with van der Waals surface area (Å²) in [7, 11) is 1.92. The average molecular weight is 295 g/mol. The fourth-order valence-electron chi connectivity index (χ4n) is 2.10. The first kappa shape index (κ1) is 13.7. The fraction of sp³-hybridized carbons (Fsp3) is 0.0667. The minimum Gasteiger partial charge on any atom is -0.326 e. The standard InChI is InChI=1S/C15H13N5O2/c1-19-14-5-3-2-4-13(14)17-15(19)10-16-18-11-6-8-12(9-7-11)20(21)22/h2-10,18H,1H3/b16-10-. The summed E-state index contributed by atoms with van der Waals surface area (Å²) in [6.45, 7) is 0. The maximum Gasteiger partial charge on any atom is 0.269 e. The Morgan fingerprint density at radius 1 is 1.23 bits per heavy atom. The summed E-state index contributed by atoms with van der Waals surface area (Å²) in [6, 6.07) is 13.9. The van der Waals surface area contributed by atoms with Crippen molar-refractivity contribution in [1.29, 1.82) is 0 Å². The molecule has 0 spiro atoms. The highest BCUT2D eigenvalue weighted by Gasteiger charge is 2.05. The van der Waals surface area contributed by atoms with Crippen LogP contribution in [0, 0.1) is 10.1 Å². The van der Waals surface area contributed by atoms with Gasteiger partial charge in [-0.2, -0.15) is 5.10 Å². The van der Waals surface area contributed by atoms with Crippen LogP contribution in [0.4, 0.5) is 11.4 Å². The number of rotatable bonds is 4. The molecule has 0 atom stereocenters. The second kappa shape index (κ2) is 5.65. The lowest BCUT2D eigenvalue weighted by Gasteiger charge is -1.99. The number of nitro groups is 1. The number of hydrogen-bond acceptors (Lipinski definition) is 5. The van der Waals surface area contributed by atoms with E-state index in [4.69, 9.17) is 0 Å². The molecule has 0 saturated heterocycles. The third-order valence-electron chi connectivity index (χ3n) is 3.27. The van der Waals surface area contributed by atoms with Crippen molar-refractivity contribution in [3.8, 4) is 0 Å². The second-order valence-corrected chi connectivity index (χ2v) is 4.69. The van der Waals surface area contributed by atoms with Crippen molar-refractivity contribution in [2.45, 2.75) is 0 Å². The number of para-hydroxylation sites is 2. The van der Waals surface area contributed by atoms with Crippen LogP contribution in [0.3, 0.4) is 0 Å². The number of aryl methyl sites for hydroxylation is 1. The SMILES string of the molecule is Cn1c(/C=N\Nc2ccc([N+](=O)[O-])cc2)nc2ccccc21. The number of hydrazone groups is 1. The molecule has 1 heterocycles. The van der Waals surface area contributed by atoms with E-state index in [9.17, 15) is 10.1 Å². The topological polar surface area (TPSA) is 85.3 Å². The summed E-state index contributed by atoms with van der Waals surface area (Å²) in [5.74, 6) is 0.718. The van der Waals surface area contributed by atoms with E-state index >= 15 is 0 Å². The predicted molar refractivity (Wildman–Crippen MR) is 85.0 cm³/mol. The molecule has 0 saturated carbocycles. The number of nitrogens with zero attached hydrogens (tertiary/aromatic N) is 4. The van der Waals surface area contributed by atoms with E-state index in [0.717, 1.165) is 16.9 Å². The zero-order chi connectivity index (χ0) is 15.5. The number of fused-ring (bicyclic) bond motifs is 1. The van der Waals surface area contributed by atoms with Crippen molar-refractivity contribution in [3.05, 3.63) is 64.5 Å². The Balaban J connectivity index is 1.76. The molecule has 1 aromatic heterocycles. The number of hydrogen-bond donors (Lipinski definition) is 1. The van der Waals surface area contributed by atoms with Gasteiger partial charge >= 0.3 is 0 Å². The molecule has 0 fully saturated rings. The van der Waals surface area contributed by atoms with Crippen LogP contribution in [0.1, 0.15) is 5.82 Å². The van der Waals surface area contributed by atoms with Gasteiger partial charge in [-0.15, -0.1) is 0 Å². The van der Waals surface area contributed by atoms with Gasteiger partial charge in [0.25, 0.3) is 5.69 Å². The summed E-state index contributed by atoms with van der Waals surface area (Å²) >= 11 is 0. The number of anilines is 1. The van der Waals surface area contributed by atoms with E-state index in [1.54, 1.807) is 18.3 Å². The summed E-state index contributed by atoms with van der Waals surface area (Å²) in [6.07, 6.45) is 1.61. The molecule has 0 aliphatic heterocycles. The van der Waals surface area contributed by atoms with Crippen LogP contribution in [-0.4, -0.2) is 20.7 Å². The monoisotopic (exact) mass is 295 g/mol. The lowest BCUT2D eigenvalue weighted by atomic mass is 10.3. The zero-order valence-corrected chi connectivity index (χ0v) is 11.8. The Labute approximate surface area is 126 Å². The van der Waals surface area contributed by atoms with E-state index in [1.807, 2.05) is 35.9 Å². The molecule has 0 bridgehead atoms. The second-order valence-electron chi connectivity index (χ2n) is 4.69. The molecule has 110 valence electrons. The maximum absolute atomic E-state index is 10.6. The average Bonchev–Trinajstić information content (AvgIpc) is 2.85. The van der Waals surface area contributed by atoms with Crippen LogP contribution >= 0.6 is 0 Å². The third kappa shape index (κ3) is 2.64. The van der Waals surface area contributed by atoms with Crippen LogP contribution in [-0.2, 0) is 7.05 Å². The van der Waals surface area contributed by atoms with Crippen molar-refractivity contribution in [2.75, 3.05) is 5.43 Å². The van der Waals surface area contributed by atoms with Crippen molar-refractivity contribution in [1.82, 2.24) is 9.55 Å². The highest BCUT2D eigenvalue weighted by Crippen LogP contribution is 2.16. The quantitative estimate of drug-likeness (QED) is 0.455. The van der Waals surface area contributed by atoms with E-state index in [-0.39, 0.29) is 5.69 Å². The number of benzene rings is 2. The number of aromatic nitrogens is 2. The van der Waals surface area contributed by atoms with Crippen molar-refractivity contribution < 1.29 is 4.92 Å². The van der Waals surface area contributed by atoms with Gasteiger partial charge in [0.05, 0.1) is 27.9 Å². The molecular formula is C15H13N5O2. The molecule has 3 rings (SSSR count). The number of imidazole rings is 1. The zero-order valence-electron chi connectivity index (χ0n) is 11.8. The van der Waals surface area contributed by atoms with Gasteiger partial charge in [0, 0.05) is 19.2 Å². The molecule has 0 amide bonds. The molecule has 0 aliphatic rings. The molecule has 0 aliphatic carbocycles. The van der Waals surface area contributed by atoms with Gasteiger partial charge in [0.1, 0.15) is 0 Å². The van der Waals surface area contributed by atoms with E-state index in [2.05, 4.69) is 15.5 Å². The first-order valence-corrected chi connectivity index (χ1v) is 6.60. The summed E-state index contributed by atoms with van der Waals surface area (Å²) < 4.78 is 1.94. The first-order chi connectivity index (χ1) is 10.6. The smallest absolute Gasteiger partial charge is 0.269 e. The highest BCUT2D eigenvalue weighted by atomic mass is 16.6. The van der Waals surface area contributed by atoms with Crippen LogP contribution < -0.4 is 5.43 Å². The molecule has 3 aromatic rings. The Hall–Kier alpha value is -3.22. The predicted octanol–water partition coefficient (Wildman–Crippen LogP) is 2.93. The molecule has 7 nitrogen and oxygen atoms in total. The van der Waals surface area contributed by atoms with Gasteiger partial charge in [0.2, 0.25) is 0 Å². The van der Waals surface area contributed by atoms with Crippen LogP contribution in [0.5, 0.6) is 0 Å². The first-order valence-electron chi connectivity index (χ1n) is 6.60. The summed E-state index contributed by atoms with van der Waals surface area (Å²) in [5.41, 5.74) is 5.47. The summed E-state index contributed by atoms with van der Waals surface area (Å²) in [5, 5.41) is 14.7. The third-order valence-corrected chi connectivity index (χ3v) is 3.27. The molecule has 22 heavy (non-hydrogen) atoms. The van der Waals surface area contributed by atoms with Crippen molar-refractivity contribution in [3.63, 3.8) is 0 Å². The summed E-state index contributed by atoms with van der Waals surface area (Å²) in [4.78, 5) is 14.6. The minimum absolute atomic E-state index is 0.0462. The van der Waals surface area contributed by atoms with Gasteiger partial charge in [0.15, 0.2) is 5.82 Å². The molecule has 7 heteroatoms. The number of nitro benzene ring substituents is 1. The van der Waals surface area contributed by atoms with E-state index in [1.165, 1.54) is 12.1 Å². The molecular weight excluding hydrogens is 282 g/mol. The van der Waals surface area contributed by atoms with Crippen LogP contribution in [0.2, 0.25) is 0 Å². The van der Waals surface area contributed by atoms with E-state index in [0.29, 0.717) is 5.69 Å². The Morgan fingerprint density at radius 2 is 1.95 bits per heavy atom. The molecule has 1 N–H and O–H groups in total. The number of non-ortho nitro benzene ring substituents is 1. The maximum atomic E-state index is 10.6. The largest absolute Gasteiger partial charge is 0.326 e. The lowest BCUT2D eigenvalue weighted by Crippen LogP contribution is -1.98. The van der Waals surface area contributed by atoms with Crippen molar-refractivity contribution >= 4 is 28.6 Å². The van der Waals surface area contributed by atoms with Crippen LogP contribution in [0.15, 0.2) is 53.6 Å². The normalized spacial score (nSPS) is 11.1. The highest BCUT2D eigenvalue weighted by molar-refractivity contribution is 5.85. The van der Waals surface area contributed by atoms with Crippen molar-refractivity contribution in [2.24, 2.45) is 12.1 Å². The minimum atomic E-state index is -0.438. The Morgan fingerprint density at radius 3 is 2.64 bits per heavy atom. The number of nitrogens with one attached hydrogen (secondary N) is 1. The Kier molecular flexibility index (Phi) is 3.53. The molecule has 0 radical (unpaired) electrons. The molecule has 2 aromatic carbocycles. The fourth-order valence-corrected chi connectivity index (χ4v) is 2.10. The van der Waals surface area contributed by atoms with Gasteiger partial charge in [-0.05, 0) is 24.3 Å². The van der Waals surface area contributed by atoms with Crippen LogP contribution in [0.25, 0.3) is 11.0 Å². The lowest BCUT2D eigenvalue weighted by molar-refractivity contribution is -0.384.